The number of carbonyl (C=O) groups is 3. The average Bonchev–Trinajstić information content (AvgIpc) is 2.95. The molecule has 3 rings (SSSR count). The van der Waals surface area contributed by atoms with E-state index in [-0.39, 0.29) is 30.9 Å². The molecule has 0 bridgehead atoms. The zero-order valence-corrected chi connectivity index (χ0v) is 13.7. The third-order valence-electron chi connectivity index (χ3n) is 4.06. The lowest BCUT2D eigenvalue weighted by Crippen LogP contribution is -2.32. The first-order chi connectivity index (χ1) is 12.1. The summed E-state index contributed by atoms with van der Waals surface area (Å²) in [7, 11) is 0. The van der Waals surface area contributed by atoms with Crippen molar-refractivity contribution in [3.8, 4) is 0 Å². The van der Waals surface area contributed by atoms with Crippen LogP contribution in [0.25, 0.3) is 0 Å². The molecule has 2 N–H and O–H groups in total. The maximum Gasteiger partial charge on any atom is 0.324 e. The second-order valence-electron chi connectivity index (χ2n) is 5.78. The van der Waals surface area contributed by atoms with Gasteiger partial charge in [-0.25, -0.2) is 4.79 Å². The van der Waals surface area contributed by atoms with E-state index < -0.39 is 6.03 Å². The molecule has 0 spiro atoms. The van der Waals surface area contributed by atoms with Crippen LogP contribution in [0, 0.1) is 0 Å². The zero-order chi connectivity index (χ0) is 17.8. The number of carbonyl (C=O) groups excluding carboxylic acids is 3. The fourth-order valence-electron chi connectivity index (χ4n) is 2.66. The van der Waals surface area contributed by atoms with Gasteiger partial charge in [-0.3, -0.25) is 19.5 Å². The van der Waals surface area contributed by atoms with E-state index in [1.165, 1.54) is 0 Å². The van der Waals surface area contributed by atoms with Crippen molar-refractivity contribution in [2.24, 2.45) is 0 Å². The number of nitrogens with zero attached hydrogens (tertiary/aromatic N) is 2. The summed E-state index contributed by atoms with van der Waals surface area (Å²) in [5, 5.41) is 5.39. The minimum Gasteiger partial charge on any atom is -0.345 e. The van der Waals surface area contributed by atoms with E-state index in [0.29, 0.717) is 11.1 Å². The van der Waals surface area contributed by atoms with Gasteiger partial charge in [-0.05, 0) is 30.2 Å². The molecule has 1 atom stereocenters. The van der Waals surface area contributed by atoms with E-state index in [1.54, 1.807) is 36.7 Å². The average molecular weight is 338 g/mol. The molecule has 1 aliphatic rings. The van der Waals surface area contributed by atoms with Crippen molar-refractivity contribution >= 4 is 17.8 Å². The Bertz CT molecular complexity index is 791. The number of rotatable bonds is 5. The molecule has 2 heterocycles. The van der Waals surface area contributed by atoms with E-state index >= 15 is 0 Å². The van der Waals surface area contributed by atoms with Crippen LogP contribution >= 0.6 is 0 Å². The van der Waals surface area contributed by atoms with Crippen molar-refractivity contribution in [3.05, 3.63) is 65.5 Å². The van der Waals surface area contributed by atoms with Crippen molar-refractivity contribution in [2.75, 3.05) is 6.54 Å². The lowest BCUT2D eigenvalue weighted by Gasteiger charge is -2.18. The summed E-state index contributed by atoms with van der Waals surface area (Å²) in [5.41, 5.74) is 1.94. The molecule has 1 saturated heterocycles. The van der Waals surface area contributed by atoms with Crippen LogP contribution in [0.2, 0.25) is 0 Å². The molecule has 0 radical (unpaired) electrons. The van der Waals surface area contributed by atoms with Crippen LogP contribution in [-0.4, -0.2) is 34.3 Å². The van der Waals surface area contributed by atoms with Gasteiger partial charge in [0.05, 0.1) is 19.1 Å². The summed E-state index contributed by atoms with van der Waals surface area (Å²) >= 11 is 0. The minimum atomic E-state index is -0.441. The van der Waals surface area contributed by atoms with E-state index in [0.717, 1.165) is 10.5 Å². The normalized spacial score (nSPS) is 15.0. The summed E-state index contributed by atoms with van der Waals surface area (Å²) in [6, 6.07) is 9.98. The number of imide groups is 1. The first kappa shape index (κ1) is 16.6. The number of nitrogens with one attached hydrogen (secondary N) is 2. The Hall–Kier alpha value is -3.22. The predicted octanol–water partition coefficient (Wildman–Crippen LogP) is 1.62. The molecular formula is C18H18N4O3. The monoisotopic (exact) mass is 338 g/mol. The van der Waals surface area contributed by atoms with Crippen LogP contribution in [0.5, 0.6) is 0 Å². The molecule has 7 heteroatoms. The molecule has 25 heavy (non-hydrogen) atoms. The Morgan fingerprint density at radius 1 is 1.28 bits per heavy atom. The number of aromatic nitrogens is 1. The lowest BCUT2D eigenvalue weighted by molar-refractivity contribution is -0.125. The first-order valence-electron chi connectivity index (χ1n) is 7.93. The molecule has 128 valence electrons. The van der Waals surface area contributed by atoms with Gasteiger partial charge in [0, 0.05) is 18.0 Å². The van der Waals surface area contributed by atoms with Crippen molar-refractivity contribution in [3.63, 3.8) is 0 Å². The highest BCUT2D eigenvalue weighted by Crippen LogP contribution is 2.16. The van der Waals surface area contributed by atoms with Gasteiger partial charge in [-0.2, -0.15) is 0 Å². The van der Waals surface area contributed by atoms with Crippen LogP contribution in [0.3, 0.4) is 0 Å². The van der Waals surface area contributed by atoms with Crippen molar-refractivity contribution in [1.82, 2.24) is 20.5 Å². The summed E-state index contributed by atoms with van der Waals surface area (Å²) in [5.74, 6) is -0.567. The quantitative estimate of drug-likeness (QED) is 0.811. The molecule has 0 aliphatic carbocycles. The molecular weight excluding hydrogens is 320 g/mol. The van der Waals surface area contributed by atoms with Crippen LogP contribution in [0.4, 0.5) is 4.79 Å². The summed E-state index contributed by atoms with van der Waals surface area (Å²) in [6.07, 6.45) is 3.37. The fourth-order valence-corrected chi connectivity index (χ4v) is 2.66. The van der Waals surface area contributed by atoms with Crippen molar-refractivity contribution in [2.45, 2.75) is 19.5 Å². The Balaban J connectivity index is 1.77. The first-order valence-corrected chi connectivity index (χ1v) is 7.93. The Morgan fingerprint density at radius 2 is 2.08 bits per heavy atom. The fraction of sp³-hybridized carbons (Fsp3) is 0.222. The molecule has 1 fully saturated rings. The van der Waals surface area contributed by atoms with E-state index in [9.17, 15) is 14.4 Å². The second kappa shape index (κ2) is 7.12. The Kier molecular flexibility index (Phi) is 4.74. The summed E-state index contributed by atoms with van der Waals surface area (Å²) in [6.45, 7) is 1.93. The minimum absolute atomic E-state index is 0.00869. The molecule has 4 amide bonds. The van der Waals surface area contributed by atoms with Gasteiger partial charge < -0.3 is 10.6 Å². The highest BCUT2D eigenvalue weighted by molar-refractivity contribution is 6.02. The third kappa shape index (κ3) is 3.65. The van der Waals surface area contributed by atoms with E-state index in [4.69, 9.17) is 0 Å². The lowest BCUT2D eigenvalue weighted by atomic mass is 10.0. The van der Waals surface area contributed by atoms with Gasteiger partial charge in [0.25, 0.3) is 5.91 Å². The van der Waals surface area contributed by atoms with Gasteiger partial charge in [0.1, 0.15) is 0 Å². The Morgan fingerprint density at radius 3 is 2.76 bits per heavy atom. The predicted molar refractivity (Wildman–Crippen MR) is 90.5 cm³/mol. The SMILES string of the molecule is CC(NC(=O)c1ccccc1CN1C(=O)CNC1=O)c1cccnc1. The second-order valence-corrected chi connectivity index (χ2v) is 5.78. The van der Waals surface area contributed by atoms with Gasteiger partial charge in [0.2, 0.25) is 5.91 Å². The molecule has 2 aromatic rings. The number of amides is 4. The highest BCUT2D eigenvalue weighted by Gasteiger charge is 2.29. The largest absolute Gasteiger partial charge is 0.345 e. The maximum atomic E-state index is 12.7. The number of hydrogen-bond acceptors (Lipinski definition) is 4. The number of benzene rings is 1. The number of pyridine rings is 1. The third-order valence-corrected chi connectivity index (χ3v) is 4.06. The van der Waals surface area contributed by atoms with Crippen LogP contribution in [0.15, 0.2) is 48.8 Å². The molecule has 1 aliphatic heterocycles. The molecule has 1 aromatic heterocycles. The van der Waals surface area contributed by atoms with Crippen LogP contribution < -0.4 is 10.6 Å². The van der Waals surface area contributed by atoms with Gasteiger partial charge in [-0.15, -0.1) is 0 Å². The van der Waals surface area contributed by atoms with E-state index in [2.05, 4.69) is 15.6 Å². The summed E-state index contributed by atoms with van der Waals surface area (Å²) in [4.78, 5) is 41.3. The molecule has 0 saturated carbocycles. The zero-order valence-electron chi connectivity index (χ0n) is 13.7. The number of hydrogen-bond donors (Lipinski definition) is 2. The van der Waals surface area contributed by atoms with Gasteiger partial charge >= 0.3 is 6.03 Å². The van der Waals surface area contributed by atoms with Crippen molar-refractivity contribution in [1.29, 1.82) is 0 Å². The standard InChI is InChI=1S/C18H18N4O3/c1-12(13-6-4-8-19-9-13)21-17(24)15-7-3-2-5-14(15)11-22-16(23)10-20-18(22)25/h2-9,12H,10-11H2,1H3,(H,20,25)(H,21,24). The molecule has 7 nitrogen and oxygen atoms in total. The molecule has 1 aromatic carbocycles. The maximum absolute atomic E-state index is 12.7. The van der Waals surface area contributed by atoms with E-state index in [1.807, 2.05) is 19.1 Å². The topological polar surface area (TPSA) is 91.4 Å². The Labute approximate surface area is 145 Å². The van der Waals surface area contributed by atoms with Crippen molar-refractivity contribution < 1.29 is 14.4 Å². The smallest absolute Gasteiger partial charge is 0.324 e. The number of urea groups is 1. The van der Waals surface area contributed by atoms with Crippen LogP contribution in [-0.2, 0) is 11.3 Å². The summed E-state index contributed by atoms with van der Waals surface area (Å²) < 4.78 is 0. The molecule has 1 unspecified atom stereocenters. The van der Waals surface area contributed by atoms with Crippen LogP contribution in [0.1, 0.15) is 34.5 Å². The highest BCUT2D eigenvalue weighted by atomic mass is 16.2. The van der Waals surface area contributed by atoms with Gasteiger partial charge in [-0.1, -0.05) is 24.3 Å². The van der Waals surface area contributed by atoms with Gasteiger partial charge in [0.15, 0.2) is 0 Å².